The fourth-order valence-corrected chi connectivity index (χ4v) is 1.61. The average molecular weight is 253 g/mol. The van der Waals surface area contributed by atoms with Crippen LogP contribution >= 0.6 is 0 Å². The van der Waals surface area contributed by atoms with E-state index in [-0.39, 0.29) is 12.1 Å². The molecule has 0 fully saturated rings. The predicted octanol–water partition coefficient (Wildman–Crippen LogP) is 2.00. The molecule has 0 aliphatic rings. The minimum absolute atomic E-state index is 0.0650. The van der Waals surface area contributed by atoms with Gasteiger partial charge in [-0.15, -0.1) is 0 Å². The summed E-state index contributed by atoms with van der Waals surface area (Å²) < 4.78 is 16.1. The summed E-state index contributed by atoms with van der Waals surface area (Å²) >= 11 is 0. The van der Waals surface area contributed by atoms with Crippen LogP contribution in [-0.4, -0.2) is 33.0 Å². The SMILES string of the molecule is COc1ccc(OCC(C)OC)c(CC(C)N)c1. The highest BCUT2D eigenvalue weighted by Gasteiger charge is 2.09. The second kappa shape index (κ2) is 7.24. The van der Waals surface area contributed by atoms with Crippen molar-refractivity contribution < 1.29 is 14.2 Å². The molecule has 0 aliphatic heterocycles. The average Bonchev–Trinajstić information content (AvgIpc) is 2.36. The molecular weight excluding hydrogens is 230 g/mol. The van der Waals surface area contributed by atoms with Crippen molar-refractivity contribution in [1.82, 2.24) is 0 Å². The number of hydrogen-bond acceptors (Lipinski definition) is 4. The van der Waals surface area contributed by atoms with Gasteiger partial charge in [0.05, 0.1) is 13.2 Å². The van der Waals surface area contributed by atoms with Crippen LogP contribution in [-0.2, 0) is 11.2 Å². The highest BCUT2D eigenvalue weighted by Crippen LogP contribution is 2.25. The largest absolute Gasteiger partial charge is 0.497 e. The molecule has 0 aromatic heterocycles. The number of benzene rings is 1. The molecule has 0 aliphatic carbocycles. The lowest BCUT2D eigenvalue weighted by atomic mass is 10.1. The maximum absolute atomic E-state index is 5.85. The van der Waals surface area contributed by atoms with Crippen LogP contribution in [0.4, 0.5) is 0 Å². The van der Waals surface area contributed by atoms with Crippen LogP contribution in [0.25, 0.3) is 0 Å². The molecular formula is C14H23NO3. The van der Waals surface area contributed by atoms with E-state index in [0.717, 1.165) is 23.5 Å². The van der Waals surface area contributed by atoms with Crippen LogP contribution in [0.15, 0.2) is 18.2 Å². The molecule has 0 bridgehead atoms. The lowest BCUT2D eigenvalue weighted by Crippen LogP contribution is -2.20. The predicted molar refractivity (Wildman–Crippen MR) is 72.3 cm³/mol. The van der Waals surface area contributed by atoms with E-state index in [1.807, 2.05) is 32.0 Å². The molecule has 102 valence electrons. The van der Waals surface area contributed by atoms with Crippen molar-refractivity contribution in [2.45, 2.75) is 32.4 Å². The molecule has 0 saturated carbocycles. The Bertz CT molecular complexity index is 366. The molecule has 1 aromatic rings. The van der Waals surface area contributed by atoms with Crippen molar-refractivity contribution in [3.05, 3.63) is 23.8 Å². The van der Waals surface area contributed by atoms with Gasteiger partial charge in [0.1, 0.15) is 18.1 Å². The van der Waals surface area contributed by atoms with Crippen molar-refractivity contribution in [3.8, 4) is 11.5 Å². The fraction of sp³-hybridized carbons (Fsp3) is 0.571. The van der Waals surface area contributed by atoms with Gasteiger partial charge in [0.2, 0.25) is 0 Å². The molecule has 4 heteroatoms. The number of nitrogens with two attached hydrogens (primary N) is 1. The van der Waals surface area contributed by atoms with Crippen LogP contribution in [0.3, 0.4) is 0 Å². The molecule has 2 atom stereocenters. The zero-order valence-corrected chi connectivity index (χ0v) is 11.6. The Morgan fingerprint density at radius 3 is 2.50 bits per heavy atom. The molecule has 2 N–H and O–H groups in total. The van der Waals surface area contributed by atoms with E-state index in [1.165, 1.54) is 0 Å². The summed E-state index contributed by atoms with van der Waals surface area (Å²) in [4.78, 5) is 0. The van der Waals surface area contributed by atoms with Crippen molar-refractivity contribution in [3.63, 3.8) is 0 Å². The van der Waals surface area contributed by atoms with Gasteiger partial charge in [-0.05, 0) is 44.0 Å². The maximum atomic E-state index is 5.85. The topological polar surface area (TPSA) is 53.7 Å². The Hall–Kier alpha value is -1.26. The molecule has 0 spiro atoms. The smallest absolute Gasteiger partial charge is 0.122 e. The molecule has 0 heterocycles. The van der Waals surface area contributed by atoms with Gasteiger partial charge < -0.3 is 19.9 Å². The molecule has 1 aromatic carbocycles. The van der Waals surface area contributed by atoms with E-state index in [1.54, 1.807) is 14.2 Å². The van der Waals surface area contributed by atoms with E-state index in [9.17, 15) is 0 Å². The second-order valence-corrected chi connectivity index (χ2v) is 4.51. The molecule has 0 amide bonds. The molecule has 4 nitrogen and oxygen atoms in total. The van der Waals surface area contributed by atoms with E-state index in [0.29, 0.717) is 6.61 Å². The Morgan fingerprint density at radius 2 is 1.94 bits per heavy atom. The third-order valence-corrected chi connectivity index (χ3v) is 2.69. The third-order valence-electron chi connectivity index (χ3n) is 2.69. The molecule has 1 rings (SSSR count). The maximum Gasteiger partial charge on any atom is 0.122 e. The third kappa shape index (κ3) is 4.55. The van der Waals surface area contributed by atoms with Crippen LogP contribution in [0, 0.1) is 0 Å². The van der Waals surface area contributed by atoms with E-state index >= 15 is 0 Å². The first-order chi connectivity index (χ1) is 8.56. The normalized spacial score (nSPS) is 14.1. The summed E-state index contributed by atoms with van der Waals surface area (Å²) in [5.41, 5.74) is 6.91. The summed E-state index contributed by atoms with van der Waals surface area (Å²) in [7, 11) is 3.32. The van der Waals surface area contributed by atoms with Gasteiger partial charge in [-0.1, -0.05) is 0 Å². The Labute approximate surface area is 109 Å². The Kier molecular flexibility index (Phi) is 5.95. The number of hydrogen-bond donors (Lipinski definition) is 1. The van der Waals surface area contributed by atoms with Gasteiger partial charge in [0.25, 0.3) is 0 Å². The molecule has 0 saturated heterocycles. The molecule has 18 heavy (non-hydrogen) atoms. The monoisotopic (exact) mass is 253 g/mol. The van der Waals surface area contributed by atoms with Crippen LogP contribution in [0.1, 0.15) is 19.4 Å². The van der Waals surface area contributed by atoms with Crippen molar-refractivity contribution in [2.24, 2.45) is 5.73 Å². The molecule has 0 radical (unpaired) electrons. The van der Waals surface area contributed by atoms with Gasteiger partial charge in [0, 0.05) is 13.2 Å². The summed E-state index contributed by atoms with van der Waals surface area (Å²) in [6, 6.07) is 5.85. The first-order valence-corrected chi connectivity index (χ1v) is 6.15. The standard InChI is InChI=1S/C14H23NO3/c1-10(15)7-12-8-13(17-4)5-6-14(12)18-9-11(2)16-3/h5-6,8,10-11H,7,9,15H2,1-4H3. The van der Waals surface area contributed by atoms with E-state index in [4.69, 9.17) is 19.9 Å². The van der Waals surface area contributed by atoms with Gasteiger partial charge in [-0.2, -0.15) is 0 Å². The summed E-state index contributed by atoms with van der Waals surface area (Å²) in [5.74, 6) is 1.66. The first-order valence-electron chi connectivity index (χ1n) is 6.15. The number of rotatable bonds is 7. The fourth-order valence-electron chi connectivity index (χ4n) is 1.61. The Balaban J connectivity index is 2.81. The van der Waals surface area contributed by atoms with Crippen molar-refractivity contribution in [1.29, 1.82) is 0 Å². The Morgan fingerprint density at radius 1 is 1.22 bits per heavy atom. The van der Waals surface area contributed by atoms with Crippen molar-refractivity contribution in [2.75, 3.05) is 20.8 Å². The highest BCUT2D eigenvalue weighted by atomic mass is 16.5. The minimum atomic E-state index is 0.0650. The second-order valence-electron chi connectivity index (χ2n) is 4.51. The minimum Gasteiger partial charge on any atom is -0.497 e. The van der Waals surface area contributed by atoms with Gasteiger partial charge >= 0.3 is 0 Å². The summed E-state index contributed by atoms with van der Waals surface area (Å²) in [6.07, 6.45) is 0.823. The summed E-state index contributed by atoms with van der Waals surface area (Å²) in [6.45, 7) is 4.46. The van der Waals surface area contributed by atoms with Crippen molar-refractivity contribution >= 4 is 0 Å². The van der Waals surface area contributed by atoms with Gasteiger partial charge in [-0.3, -0.25) is 0 Å². The molecule has 2 unspecified atom stereocenters. The van der Waals surface area contributed by atoms with E-state index < -0.39 is 0 Å². The highest BCUT2D eigenvalue weighted by molar-refractivity contribution is 5.40. The zero-order chi connectivity index (χ0) is 13.5. The lowest BCUT2D eigenvalue weighted by Gasteiger charge is -2.16. The summed E-state index contributed by atoms with van der Waals surface area (Å²) in [5, 5.41) is 0. The van der Waals surface area contributed by atoms with Crippen LogP contribution in [0.2, 0.25) is 0 Å². The van der Waals surface area contributed by atoms with Crippen LogP contribution in [0.5, 0.6) is 11.5 Å². The first kappa shape index (κ1) is 14.8. The number of ether oxygens (including phenoxy) is 3. The van der Waals surface area contributed by atoms with E-state index in [2.05, 4.69) is 0 Å². The zero-order valence-electron chi connectivity index (χ0n) is 11.6. The van der Waals surface area contributed by atoms with Gasteiger partial charge in [0.15, 0.2) is 0 Å². The van der Waals surface area contributed by atoms with Gasteiger partial charge in [-0.25, -0.2) is 0 Å². The van der Waals surface area contributed by atoms with Crippen LogP contribution < -0.4 is 15.2 Å². The quantitative estimate of drug-likeness (QED) is 0.807. The lowest BCUT2D eigenvalue weighted by molar-refractivity contribution is 0.0712. The number of methoxy groups -OCH3 is 2.